The zero-order valence-corrected chi connectivity index (χ0v) is 17.9. The molecule has 0 saturated carbocycles. The maximum absolute atomic E-state index is 12.9. The highest BCUT2D eigenvalue weighted by atomic mass is 35.5. The molecular weight excluding hydrogens is 416 g/mol. The topological polar surface area (TPSA) is 86.9 Å². The molecule has 4 aromatic rings. The van der Waals surface area contributed by atoms with E-state index >= 15 is 0 Å². The average molecular weight is 439 g/mol. The van der Waals surface area contributed by atoms with Crippen LogP contribution in [0, 0.1) is 0 Å². The van der Waals surface area contributed by atoms with E-state index in [4.69, 9.17) is 16.3 Å². The number of carbonyl (C=O) groups excluding carboxylic acids is 1. The summed E-state index contributed by atoms with van der Waals surface area (Å²) in [5.74, 6) is 0.587. The Hall–Kier alpha value is -3.23. The molecule has 31 heavy (non-hydrogen) atoms. The average Bonchev–Trinajstić information content (AvgIpc) is 3.38. The van der Waals surface area contributed by atoms with Crippen LogP contribution in [0.1, 0.15) is 21.9 Å². The van der Waals surface area contributed by atoms with Crippen LogP contribution >= 0.6 is 11.6 Å². The van der Waals surface area contributed by atoms with E-state index in [0.29, 0.717) is 43.4 Å². The van der Waals surface area contributed by atoms with E-state index in [1.165, 1.54) is 0 Å². The van der Waals surface area contributed by atoms with Crippen molar-refractivity contribution in [3.63, 3.8) is 0 Å². The number of rotatable bonds is 9. The number of carbonyl (C=O) groups is 1. The molecule has 0 aliphatic heterocycles. The van der Waals surface area contributed by atoms with Crippen molar-refractivity contribution in [3.05, 3.63) is 77.0 Å². The summed E-state index contributed by atoms with van der Waals surface area (Å²) in [5.41, 5.74) is 2.37. The molecule has 0 aliphatic rings. The largest absolute Gasteiger partial charge is 0.383 e. The summed E-state index contributed by atoms with van der Waals surface area (Å²) < 4.78 is 8.86. The molecule has 0 bridgehead atoms. The zero-order valence-electron chi connectivity index (χ0n) is 17.2. The van der Waals surface area contributed by atoms with Crippen LogP contribution in [0.2, 0.25) is 5.02 Å². The van der Waals surface area contributed by atoms with E-state index < -0.39 is 0 Å². The summed E-state index contributed by atoms with van der Waals surface area (Å²) in [6, 6.07) is 15.3. The first-order valence-corrected chi connectivity index (χ1v) is 10.4. The van der Waals surface area contributed by atoms with Crippen LogP contribution in [-0.2, 0) is 24.2 Å². The van der Waals surface area contributed by atoms with E-state index in [9.17, 15) is 4.79 Å². The molecule has 4 rings (SSSR count). The van der Waals surface area contributed by atoms with E-state index in [2.05, 4.69) is 20.6 Å². The molecule has 9 heteroatoms. The predicted molar refractivity (Wildman–Crippen MR) is 118 cm³/mol. The summed E-state index contributed by atoms with van der Waals surface area (Å²) in [4.78, 5) is 12.9. The number of aromatic nitrogens is 5. The molecule has 0 saturated heterocycles. The lowest BCUT2D eigenvalue weighted by atomic mass is 10.2. The van der Waals surface area contributed by atoms with Crippen molar-refractivity contribution in [2.24, 2.45) is 0 Å². The molecule has 2 aromatic carbocycles. The third-order valence-corrected chi connectivity index (χ3v) is 5.24. The van der Waals surface area contributed by atoms with Crippen molar-refractivity contribution in [2.45, 2.75) is 19.5 Å². The molecule has 0 aliphatic carbocycles. The van der Waals surface area contributed by atoms with Crippen molar-refractivity contribution < 1.29 is 9.53 Å². The van der Waals surface area contributed by atoms with Gasteiger partial charge in [-0.15, -0.1) is 10.2 Å². The van der Waals surface area contributed by atoms with Gasteiger partial charge in [0.1, 0.15) is 12.2 Å². The second-order valence-corrected chi connectivity index (χ2v) is 7.53. The molecule has 1 amide bonds. The lowest BCUT2D eigenvalue weighted by Gasteiger charge is -2.06. The van der Waals surface area contributed by atoms with Gasteiger partial charge in [-0.25, -0.2) is 0 Å². The number of fused-ring (bicyclic) bond motifs is 1. The monoisotopic (exact) mass is 438 g/mol. The number of para-hydroxylation sites is 1. The number of benzene rings is 2. The van der Waals surface area contributed by atoms with Gasteiger partial charge in [0.15, 0.2) is 5.69 Å². The quantitative estimate of drug-likeness (QED) is 0.434. The van der Waals surface area contributed by atoms with Crippen LogP contribution in [0.5, 0.6) is 0 Å². The molecule has 0 radical (unpaired) electrons. The minimum Gasteiger partial charge on any atom is -0.383 e. The fraction of sp³-hybridized carbons (Fsp3) is 0.273. The number of nitrogens with zero attached hydrogens (tertiary/aromatic N) is 5. The molecule has 8 nitrogen and oxygen atoms in total. The number of ether oxygens (including phenoxy) is 1. The summed E-state index contributed by atoms with van der Waals surface area (Å²) in [7, 11) is 1.65. The number of methoxy groups -OCH3 is 1. The van der Waals surface area contributed by atoms with E-state index in [0.717, 1.165) is 22.3 Å². The third-order valence-electron chi connectivity index (χ3n) is 4.98. The molecule has 2 heterocycles. The normalized spacial score (nSPS) is 11.2. The van der Waals surface area contributed by atoms with Gasteiger partial charge in [-0.2, -0.15) is 5.10 Å². The smallest absolute Gasteiger partial charge is 0.272 e. The Balaban J connectivity index is 1.47. The summed E-state index contributed by atoms with van der Waals surface area (Å²) in [5, 5.41) is 17.1. The first kappa shape index (κ1) is 21.0. The highest BCUT2D eigenvalue weighted by Crippen LogP contribution is 2.20. The highest BCUT2D eigenvalue weighted by molar-refractivity contribution is 6.30. The van der Waals surface area contributed by atoms with Gasteiger partial charge < -0.3 is 14.6 Å². The first-order chi connectivity index (χ1) is 15.2. The molecule has 0 atom stereocenters. The molecule has 160 valence electrons. The highest BCUT2D eigenvalue weighted by Gasteiger charge is 2.17. The van der Waals surface area contributed by atoms with Crippen LogP contribution in [-0.4, -0.2) is 50.7 Å². The predicted octanol–water partition coefficient (Wildman–Crippen LogP) is 2.95. The fourth-order valence-corrected chi connectivity index (χ4v) is 3.52. The Labute approximate surface area is 184 Å². The Morgan fingerprint density at radius 1 is 1.16 bits per heavy atom. The Kier molecular flexibility index (Phi) is 6.59. The van der Waals surface area contributed by atoms with Crippen molar-refractivity contribution in [3.8, 4) is 0 Å². The molecule has 1 N–H and O–H groups in total. The molecule has 2 aromatic heterocycles. The van der Waals surface area contributed by atoms with Crippen LogP contribution in [0.15, 0.2) is 54.9 Å². The van der Waals surface area contributed by atoms with E-state index in [1.54, 1.807) is 13.4 Å². The first-order valence-electron chi connectivity index (χ1n) is 9.99. The molecule has 0 spiro atoms. The summed E-state index contributed by atoms with van der Waals surface area (Å²) in [6.07, 6.45) is 2.24. The molecule has 0 unspecified atom stereocenters. The lowest BCUT2D eigenvalue weighted by Crippen LogP contribution is -2.27. The zero-order chi connectivity index (χ0) is 21.6. The second kappa shape index (κ2) is 9.72. The molecular formula is C22H23ClN6O2. The number of nitrogens with one attached hydrogen (secondary N) is 1. The van der Waals surface area contributed by atoms with Crippen molar-refractivity contribution in [1.82, 2.24) is 29.9 Å². The Morgan fingerprint density at radius 2 is 1.97 bits per heavy atom. The summed E-state index contributed by atoms with van der Waals surface area (Å²) >= 11 is 5.98. The maximum atomic E-state index is 12.9. The second-order valence-electron chi connectivity index (χ2n) is 7.09. The van der Waals surface area contributed by atoms with Gasteiger partial charge in [0.25, 0.3) is 5.91 Å². The minimum absolute atomic E-state index is 0.214. The fourth-order valence-electron chi connectivity index (χ4n) is 3.40. The van der Waals surface area contributed by atoms with Crippen molar-refractivity contribution >= 4 is 28.4 Å². The number of amides is 1. The van der Waals surface area contributed by atoms with Crippen LogP contribution in [0.4, 0.5) is 0 Å². The van der Waals surface area contributed by atoms with Gasteiger partial charge in [0.05, 0.1) is 18.7 Å². The van der Waals surface area contributed by atoms with Crippen molar-refractivity contribution in [2.75, 3.05) is 20.3 Å². The van der Waals surface area contributed by atoms with Gasteiger partial charge in [0.2, 0.25) is 0 Å². The minimum atomic E-state index is -0.214. The van der Waals surface area contributed by atoms with Crippen LogP contribution in [0.25, 0.3) is 10.9 Å². The van der Waals surface area contributed by atoms with E-state index in [-0.39, 0.29) is 5.91 Å². The third kappa shape index (κ3) is 4.92. The van der Waals surface area contributed by atoms with Gasteiger partial charge in [-0.3, -0.25) is 9.48 Å². The van der Waals surface area contributed by atoms with Gasteiger partial charge in [-0.1, -0.05) is 41.9 Å². The van der Waals surface area contributed by atoms with Gasteiger partial charge >= 0.3 is 0 Å². The Bertz CT molecular complexity index is 1170. The number of hydrogen-bond acceptors (Lipinski definition) is 5. The van der Waals surface area contributed by atoms with E-state index in [1.807, 2.05) is 57.8 Å². The van der Waals surface area contributed by atoms with Gasteiger partial charge in [0, 0.05) is 37.0 Å². The molecule has 0 fully saturated rings. The summed E-state index contributed by atoms with van der Waals surface area (Å²) in [6.45, 7) is 2.23. The standard InChI is InChI=1S/C22H23ClN6O2/c1-31-13-12-28-15-25-26-20(28)10-11-24-22(30)21-18-4-2-3-5-19(18)29(27-21)14-16-6-8-17(23)9-7-16/h2-9,15H,10-14H2,1H3,(H,24,30). The lowest BCUT2D eigenvalue weighted by molar-refractivity contribution is 0.0949. The van der Waals surface area contributed by atoms with Crippen LogP contribution in [0.3, 0.4) is 0 Å². The maximum Gasteiger partial charge on any atom is 0.272 e. The SMILES string of the molecule is COCCn1cnnc1CCNC(=O)c1nn(Cc2ccc(Cl)cc2)c2ccccc12. The number of halogens is 1. The number of hydrogen-bond donors (Lipinski definition) is 1. The Morgan fingerprint density at radius 3 is 2.77 bits per heavy atom. The van der Waals surface area contributed by atoms with Gasteiger partial charge in [-0.05, 0) is 23.8 Å². The van der Waals surface area contributed by atoms with Crippen molar-refractivity contribution in [1.29, 1.82) is 0 Å². The van der Waals surface area contributed by atoms with Crippen LogP contribution < -0.4 is 5.32 Å².